The average Bonchev–Trinajstić information content (AvgIpc) is 2.35. The van der Waals surface area contributed by atoms with E-state index < -0.39 is 7.12 Å². The molecule has 0 saturated carbocycles. The number of pyridine rings is 1. The van der Waals surface area contributed by atoms with Crippen molar-refractivity contribution in [3.05, 3.63) is 48.8 Å². The van der Waals surface area contributed by atoms with Crippen molar-refractivity contribution < 1.29 is 10.0 Å². The second-order valence-corrected chi connectivity index (χ2v) is 3.98. The molecule has 3 aromatic rings. The molecule has 0 spiro atoms. The van der Waals surface area contributed by atoms with Crippen LogP contribution in [0.1, 0.15) is 0 Å². The third kappa shape index (κ3) is 1.58. The maximum Gasteiger partial charge on any atom is 0.489 e. The van der Waals surface area contributed by atoms with Gasteiger partial charge in [-0.2, -0.15) is 0 Å². The lowest BCUT2D eigenvalue weighted by Gasteiger charge is -2.10. The Morgan fingerprint density at radius 3 is 2.53 bits per heavy atom. The SMILES string of the molecule is OB(O)c1c2ccccc2cc2cnccc12. The maximum atomic E-state index is 9.55. The summed E-state index contributed by atoms with van der Waals surface area (Å²) in [6.07, 6.45) is 3.39. The number of benzene rings is 2. The summed E-state index contributed by atoms with van der Waals surface area (Å²) in [6, 6.07) is 11.5. The molecule has 0 amide bonds. The van der Waals surface area contributed by atoms with Crippen LogP contribution in [-0.2, 0) is 0 Å². The molecule has 17 heavy (non-hydrogen) atoms. The Kier molecular flexibility index (Phi) is 2.32. The van der Waals surface area contributed by atoms with Crippen LogP contribution in [0.25, 0.3) is 21.5 Å². The fourth-order valence-electron chi connectivity index (χ4n) is 2.23. The van der Waals surface area contributed by atoms with Crippen molar-refractivity contribution in [2.75, 3.05) is 0 Å². The van der Waals surface area contributed by atoms with Crippen molar-refractivity contribution in [2.45, 2.75) is 0 Å². The van der Waals surface area contributed by atoms with Gasteiger partial charge in [-0.3, -0.25) is 4.98 Å². The summed E-state index contributed by atoms with van der Waals surface area (Å²) < 4.78 is 0. The van der Waals surface area contributed by atoms with Gasteiger partial charge in [0.15, 0.2) is 0 Å². The Bertz CT molecular complexity index is 643. The summed E-state index contributed by atoms with van der Waals surface area (Å²) in [4.78, 5) is 4.06. The third-order valence-corrected chi connectivity index (χ3v) is 2.96. The first-order valence-corrected chi connectivity index (χ1v) is 5.39. The molecule has 0 radical (unpaired) electrons. The van der Waals surface area contributed by atoms with E-state index >= 15 is 0 Å². The minimum absolute atomic E-state index is 0.542. The summed E-state index contributed by atoms with van der Waals surface area (Å²) >= 11 is 0. The van der Waals surface area contributed by atoms with E-state index in [1.54, 1.807) is 18.5 Å². The molecule has 1 aromatic heterocycles. The molecule has 82 valence electrons. The minimum Gasteiger partial charge on any atom is -0.423 e. The van der Waals surface area contributed by atoms with Gasteiger partial charge in [0.1, 0.15) is 0 Å². The van der Waals surface area contributed by atoms with Crippen LogP contribution < -0.4 is 5.46 Å². The van der Waals surface area contributed by atoms with Crippen LogP contribution in [0.15, 0.2) is 48.8 Å². The highest BCUT2D eigenvalue weighted by molar-refractivity contribution is 6.65. The molecule has 0 aliphatic rings. The highest BCUT2D eigenvalue weighted by Crippen LogP contribution is 2.20. The highest BCUT2D eigenvalue weighted by atomic mass is 16.4. The normalized spacial score (nSPS) is 10.9. The largest absolute Gasteiger partial charge is 0.489 e. The monoisotopic (exact) mass is 223 g/mol. The second-order valence-electron chi connectivity index (χ2n) is 3.98. The minimum atomic E-state index is -1.48. The molecule has 0 aliphatic heterocycles. The summed E-state index contributed by atoms with van der Waals surface area (Å²) in [5.74, 6) is 0. The van der Waals surface area contributed by atoms with E-state index in [2.05, 4.69) is 4.98 Å². The Balaban J connectivity index is 2.56. The van der Waals surface area contributed by atoms with Gasteiger partial charge in [-0.05, 0) is 33.8 Å². The van der Waals surface area contributed by atoms with Crippen LogP contribution in [0.5, 0.6) is 0 Å². The highest BCUT2D eigenvalue weighted by Gasteiger charge is 2.18. The van der Waals surface area contributed by atoms with Gasteiger partial charge in [0, 0.05) is 17.8 Å². The molecule has 0 atom stereocenters. The zero-order valence-corrected chi connectivity index (χ0v) is 9.04. The topological polar surface area (TPSA) is 53.4 Å². The summed E-state index contributed by atoms with van der Waals surface area (Å²) in [5, 5.41) is 22.7. The van der Waals surface area contributed by atoms with Crippen molar-refractivity contribution in [1.29, 1.82) is 0 Å². The lowest BCUT2D eigenvalue weighted by molar-refractivity contribution is 0.426. The molecule has 3 nitrogen and oxygen atoms in total. The van der Waals surface area contributed by atoms with E-state index in [0.29, 0.717) is 5.46 Å². The zero-order valence-electron chi connectivity index (χ0n) is 9.04. The van der Waals surface area contributed by atoms with Gasteiger partial charge in [0.05, 0.1) is 0 Å². The van der Waals surface area contributed by atoms with E-state index in [1.807, 2.05) is 30.3 Å². The lowest BCUT2D eigenvalue weighted by Crippen LogP contribution is -2.31. The van der Waals surface area contributed by atoms with Crippen molar-refractivity contribution in [2.24, 2.45) is 0 Å². The van der Waals surface area contributed by atoms with E-state index in [-0.39, 0.29) is 0 Å². The van der Waals surface area contributed by atoms with Crippen LogP contribution in [0, 0.1) is 0 Å². The molecule has 0 fully saturated rings. The Morgan fingerprint density at radius 1 is 0.941 bits per heavy atom. The molecular weight excluding hydrogens is 213 g/mol. The van der Waals surface area contributed by atoms with Crippen LogP contribution in [0.3, 0.4) is 0 Å². The first kappa shape index (κ1) is 10.3. The number of aromatic nitrogens is 1. The Morgan fingerprint density at radius 2 is 1.71 bits per heavy atom. The standard InChI is InChI=1S/C13H10BNO2/c16-14(17)13-11-4-2-1-3-9(11)7-10-8-15-6-5-12(10)13/h1-8,16-17H. The first-order chi connectivity index (χ1) is 8.27. The summed E-state index contributed by atoms with van der Waals surface area (Å²) in [6.45, 7) is 0. The number of hydrogen-bond acceptors (Lipinski definition) is 3. The van der Waals surface area contributed by atoms with Gasteiger partial charge in [-0.25, -0.2) is 0 Å². The maximum absolute atomic E-state index is 9.55. The van der Waals surface area contributed by atoms with Crippen molar-refractivity contribution in [3.63, 3.8) is 0 Å². The lowest BCUT2D eigenvalue weighted by atomic mass is 9.74. The molecule has 2 aromatic carbocycles. The zero-order chi connectivity index (χ0) is 11.8. The number of fused-ring (bicyclic) bond motifs is 2. The van der Waals surface area contributed by atoms with Crippen molar-refractivity contribution >= 4 is 34.1 Å². The Labute approximate surface area is 98.5 Å². The fourth-order valence-corrected chi connectivity index (χ4v) is 2.23. The van der Waals surface area contributed by atoms with E-state index in [9.17, 15) is 10.0 Å². The van der Waals surface area contributed by atoms with Gasteiger partial charge in [-0.15, -0.1) is 0 Å². The molecule has 4 heteroatoms. The molecule has 2 N–H and O–H groups in total. The third-order valence-electron chi connectivity index (χ3n) is 2.96. The first-order valence-electron chi connectivity index (χ1n) is 5.39. The smallest absolute Gasteiger partial charge is 0.423 e. The van der Waals surface area contributed by atoms with Gasteiger partial charge >= 0.3 is 7.12 Å². The molecule has 1 heterocycles. The molecule has 0 aliphatic carbocycles. The number of hydrogen-bond donors (Lipinski definition) is 2. The van der Waals surface area contributed by atoms with E-state index in [0.717, 1.165) is 21.5 Å². The fraction of sp³-hybridized carbons (Fsp3) is 0. The summed E-state index contributed by atoms with van der Waals surface area (Å²) in [5.41, 5.74) is 0.542. The predicted octanol–water partition coefficient (Wildman–Crippen LogP) is 1.07. The van der Waals surface area contributed by atoms with Crippen LogP contribution in [-0.4, -0.2) is 22.2 Å². The molecule has 3 rings (SSSR count). The number of nitrogens with zero attached hydrogens (tertiary/aromatic N) is 1. The molecular formula is C13H10BNO2. The van der Waals surface area contributed by atoms with Crippen LogP contribution in [0.4, 0.5) is 0 Å². The average molecular weight is 223 g/mol. The quantitative estimate of drug-likeness (QED) is 0.479. The van der Waals surface area contributed by atoms with Crippen molar-refractivity contribution in [3.8, 4) is 0 Å². The Hall–Kier alpha value is -1.91. The second kappa shape index (κ2) is 3.84. The van der Waals surface area contributed by atoms with Gasteiger partial charge < -0.3 is 10.0 Å². The summed E-state index contributed by atoms with van der Waals surface area (Å²) in [7, 11) is -1.48. The van der Waals surface area contributed by atoms with Crippen molar-refractivity contribution in [1.82, 2.24) is 4.98 Å². The van der Waals surface area contributed by atoms with Gasteiger partial charge in [0.25, 0.3) is 0 Å². The van der Waals surface area contributed by atoms with Crippen LogP contribution in [0.2, 0.25) is 0 Å². The molecule has 0 unspecified atom stereocenters. The van der Waals surface area contributed by atoms with Crippen LogP contribution >= 0.6 is 0 Å². The van der Waals surface area contributed by atoms with Gasteiger partial charge in [0.2, 0.25) is 0 Å². The van der Waals surface area contributed by atoms with Gasteiger partial charge in [-0.1, -0.05) is 24.3 Å². The number of rotatable bonds is 1. The predicted molar refractivity (Wildman–Crippen MR) is 69.1 cm³/mol. The van der Waals surface area contributed by atoms with E-state index in [4.69, 9.17) is 0 Å². The van der Waals surface area contributed by atoms with E-state index in [1.165, 1.54) is 0 Å². The molecule has 0 saturated heterocycles. The molecule has 0 bridgehead atoms.